The first-order valence-corrected chi connectivity index (χ1v) is 20.5. The van der Waals surface area contributed by atoms with Gasteiger partial charge in [-0.25, -0.2) is 14.1 Å². The zero-order valence-corrected chi connectivity index (χ0v) is 31.2. The minimum Gasteiger partial charge on any atom is -0.381 e. The summed E-state index contributed by atoms with van der Waals surface area (Å²) in [6.07, 6.45) is 18.0. The van der Waals surface area contributed by atoms with E-state index in [1.165, 1.54) is 51.4 Å². The summed E-state index contributed by atoms with van der Waals surface area (Å²) in [6, 6.07) is -1.50. The lowest BCUT2D eigenvalue weighted by molar-refractivity contribution is -0.141. The Bertz CT molecular complexity index is 1420. The first-order valence-electron chi connectivity index (χ1n) is 20.5. The number of carbonyl (C=O) groups excluding carboxylic acids is 1. The van der Waals surface area contributed by atoms with E-state index in [-0.39, 0.29) is 41.5 Å². The van der Waals surface area contributed by atoms with E-state index in [2.05, 4.69) is 26.0 Å². The molecule has 0 bridgehead atoms. The predicted molar refractivity (Wildman–Crippen MR) is 197 cm³/mol. The number of nitrogens with one attached hydrogen (secondary N) is 3. The predicted octanol–water partition coefficient (Wildman–Crippen LogP) is 8.91. The first-order chi connectivity index (χ1) is 25.1. The summed E-state index contributed by atoms with van der Waals surface area (Å²) in [5.74, 6) is 0.663. The highest BCUT2D eigenvalue weighted by atomic mass is 19.4. The smallest absolute Gasteiger partial charge is 0.381 e. The van der Waals surface area contributed by atoms with Crippen LogP contribution in [0, 0.1) is 24.7 Å². The van der Waals surface area contributed by atoms with Crippen molar-refractivity contribution in [3.63, 3.8) is 0 Å². The van der Waals surface area contributed by atoms with E-state index >= 15 is 4.39 Å². The molecule has 0 radical (unpaired) electrons. The number of amides is 1. The van der Waals surface area contributed by atoms with Crippen molar-refractivity contribution in [3.05, 3.63) is 23.3 Å². The van der Waals surface area contributed by atoms with Crippen LogP contribution in [0.1, 0.15) is 162 Å². The van der Waals surface area contributed by atoms with Gasteiger partial charge in [-0.15, -0.1) is 0 Å². The fourth-order valence-corrected chi connectivity index (χ4v) is 9.92. The third-order valence-electron chi connectivity index (χ3n) is 12.6. The third kappa shape index (κ3) is 9.27. The molecule has 2 aliphatic heterocycles. The second-order valence-corrected chi connectivity index (χ2v) is 16.2. The Morgan fingerprint density at radius 1 is 0.808 bits per heavy atom. The molecule has 292 valence electrons. The van der Waals surface area contributed by atoms with Gasteiger partial charge in [0.2, 0.25) is 0 Å². The quantitative estimate of drug-likeness (QED) is 0.228. The highest BCUT2D eigenvalue weighted by Gasteiger charge is 2.44. The van der Waals surface area contributed by atoms with E-state index in [9.17, 15) is 18.0 Å². The molecule has 0 spiro atoms. The Kier molecular flexibility index (Phi) is 13.5. The summed E-state index contributed by atoms with van der Waals surface area (Å²) in [5.41, 5.74) is 5.78. The first kappa shape index (κ1) is 38.9. The number of aromatic nitrogens is 4. The van der Waals surface area contributed by atoms with Crippen molar-refractivity contribution in [2.45, 2.75) is 166 Å². The highest BCUT2D eigenvalue weighted by molar-refractivity contribution is 6.03. The van der Waals surface area contributed by atoms with Crippen LogP contribution in [-0.4, -0.2) is 57.1 Å². The van der Waals surface area contributed by atoms with Crippen LogP contribution in [0.25, 0.3) is 0 Å². The number of hydrogen-bond donors (Lipinski definition) is 4. The normalized spacial score (nSPS) is 28.5. The lowest BCUT2D eigenvalue weighted by Crippen LogP contribution is -2.57. The molecule has 2 aliphatic carbocycles. The van der Waals surface area contributed by atoms with E-state index in [0.29, 0.717) is 18.9 Å². The van der Waals surface area contributed by atoms with Gasteiger partial charge in [-0.05, 0) is 37.5 Å². The van der Waals surface area contributed by atoms with Crippen molar-refractivity contribution in [1.82, 2.24) is 30.0 Å². The number of hydrogen-bond acceptors (Lipinski definition) is 6. The second-order valence-electron chi connectivity index (χ2n) is 16.2. The number of aryl methyl sites for hydroxylation is 1. The fraction of sp³-hybridized carbons (Fsp3) is 0.821. The Hall–Kier alpha value is -2.83. The lowest BCUT2D eigenvalue weighted by Gasteiger charge is -2.44. The maximum absolute atomic E-state index is 15.9. The second kappa shape index (κ2) is 18.0. The Morgan fingerprint density at radius 3 is 1.88 bits per heavy atom. The number of piperidine rings is 1. The molecule has 2 aromatic heterocycles. The molecule has 5 N–H and O–H groups in total. The van der Waals surface area contributed by atoms with Crippen LogP contribution >= 0.6 is 0 Å². The van der Waals surface area contributed by atoms with Gasteiger partial charge in [0.1, 0.15) is 23.4 Å². The van der Waals surface area contributed by atoms with Gasteiger partial charge in [-0.1, -0.05) is 116 Å². The number of imidazole rings is 1. The van der Waals surface area contributed by atoms with E-state index < -0.39 is 42.1 Å². The molecule has 2 saturated carbocycles. The SMILES string of the molecule is Cc1nc(C(F)(F)F)cn1C1C(NC(=O)c2c(N)nn3c2NCC(F)C3C2CCCCCCCCCCC2)CNCC1C1CCCCCCCCC1. The highest BCUT2D eigenvalue weighted by Crippen LogP contribution is 2.42. The minimum absolute atomic E-state index is 0.0122. The summed E-state index contributed by atoms with van der Waals surface area (Å²) in [4.78, 5) is 18.3. The molecule has 52 heavy (non-hydrogen) atoms. The molecular weight excluding hydrogens is 672 g/mol. The number of halogens is 4. The van der Waals surface area contributed by atoms with Crippen LogP contribution in [0.2, 0.25) is 0 Å². The number of nitrogen functional groups attached to an aromatic ring is 1. The van der Waals surface area contributed by atoms with Gasteiger partial charge in [-0.2, -0.15) is 18.3 Å². The van der Waals surface area contributed by atoms with E-state index in [1.807, 2.05) is 0 Å². The number of nitrogens with zero attached hydrogens (tertiary/aromatic N) is 4. The van der Waals surface area contributed by atoms with Crippen molar-refractivity contribution in [1.29, 1.82) is 0 Å². The van der Waals surface area contributed by atoms with Crippen LogP contribution in [0.3, 0.4) is 0 Å². The molecule has 0 aromatic carbocycles. The van der Waals surface area contributed by atoms with Crippen molar-refractivity contribution >= 4 is 17.5 Å². The summed E-state index contributed by atoms with van der Waals surface area (Å²) in [6.45, 7) is 2.71. The molecule has 9 nitrogen and oxygen atoms in total. The van der Waals surface area contributed by atoms with Crippen LogP contribution in [0.5, 0.6) is 0 Å². The number of anilines is 2. The summed E-state index contributed by atoms with van der Waals surface area (Å²) in [7, 11) is 0. The Labute approximate surface area is 307 Å². The molecule has 3 fully saturated rings. The number of rotatable bonds is 5. The Morgan fingerprint density at radius 2 is 1.35 bits per heavy atom. The van der Waals surface area contributed by atoms with E-state index in [0.717, 1.165) is 83.2 Å². The summed E-state index contributed by atoms with van der Waals surface area (Å²) >= 11 is 0. The summed E-state index contributed by atoms with van der Waals surface area (Å²) in [5, 5.41) is 14.5. The van der Waals surface area contributed by atoms with Gasteiger partial charge < -0.3 is 26.3 Å². The van der Waals surface area contributed by atoms with E-state index in [4.69, 9.17) is 5.73 Å². The Balaban J connectivity index is 1.28. The van der Waals surface area contributed by atoms with Gasteiger partial charge >= 0.3 is 6.18 Å². The van der Waals surface area contributed by atoms with Crippen LogP contribution in [0.4, 0.5) is 29.2 Å². The number of fused-ring (bicyclic) bond motifs is 1. The lowest BCUT2D eigenvalue weighted by atomic mass is 9.74. The molecule has 2 aromatic rings. The maximum atomic E-state index is 15.9. The van der Waals surface area contributed by atoms with Crippen LogP contribution in [-0.2, 0) is 6.18 Å². The van der Waals surface area contributed by atoms with Gasteiger partial charge in [0.25, 0.3) is 5.91 Å². The van der Waals surface area contributed by atoms with Gasteiger partial charge in [0.15, 0.2) is 11.5 Å². The van der Waals surface area contributed by atoms with E-state index in [1.54, 1.807) is 16.2 Å². The molecule has 1 saturated heterocycles. The third-order valence-corrected chi connectivity index (χ3v) is 12.6. The number of nitrogens with two attached hydrogens (primary N) is 1. The fourth-order valence-electron chi connectivity index (χ4n) is 9.92. The van der Waals surface area contributed by atoms with Crippen molar-refractivity contribution in [2.24, 2.45) is 17.8 Å². The van der Waals surface area contributed by atoms with Gasteiger partial charge in [0.05, 0.1) is 18.1 Å². The van der Waals surface area contributed by atoms with Crippen molar-refractivity contribution in [2.75, 3.05) is 30.7 Å². The molecule has 6 rings (SSSR count). The van der Waals surface area contributed by atoms with Gasteiger partial charge in [-0.3, -0.25) is 4.79 Å². The molecule has 5 atom stereocenters. The molecule has 13 heteroatoms. The number of carbonyl (C=O) groups is 1. The minimum atomic E-state index is -4.58. The molecule has 4 heterocycles. The maximum Gasteiger partial charge on any atom is 0.434 e. The van der Waals surface area contributed by atoms with Crippen molar-refractivity contribution in [3.8, 4) is 0 Å². The van der Waals surface area contributed by atoms with Gasteiger partial charge in [0, 0.05) is 25.8 Å². The average Bonchev–Trinajstić information content (AvgIpc) is 3.66. The monoisotopic (exact) mass is 734 g/mol. The zero-order valence-electron chi connectivity index (χ0n) is 31.2. The van der Waals surface area contributed by atoms with Crippen LogP contribution < -0.4 is 21.7 Å². The van der Waals surface area contributed by atoms with Crippen LogP contribution in [0.15, 0.2) is 6.20 Å². The molecular formula is C39H62F4N8O. The molecule has 4 aliphatic rings. The van der Waals surface area contributed by atoms with Crippen molar-refractivity contribution < 1.29 is 22.4 Å². The summed E-state index contributed by atoms with van der Waals surface area (Å²) < 4.78 is 61.1. The topological polar surface area (TPSA) is 115 Å². The average molecular weight is 735 g/mol. The zero-order chi connectivity index (χ0) is 36.7. The molecule has 5 unspecified atom stereocenters. The molecule has 1 amide bonds. The largest absolute Gasteiger partial charge is 0.434 e. The number of alkyl halides is 4. The standard InChI is InChI=1S/C39H62F4N8O/c1-26-47-32(39(41,42)43)25-50(26)35-29(27-18-14-10-8-5-9-11-15-19-27)22-45-24-31(35)48-38(52)33-36(44)49-51-34(30(40)23-46-37(33)51)28-20-16-12-6-3-2-4-7-13-17-21-28/h25,27-31,34-35,45-46H,2-24H2,1H3,(H2,44,49)(H,48,52).